The number of hydrogen-bond donors (Lipinski definition) is 0. The number of amides is 2. The van der Waals surface area contributed by atoms with Crippen LogP contribution in [0, 0.1) is 0 Å². The summed E-state index contributed by atoms with van der Waals surface area (Å²) < 4.78 is 18.0. The molecule has 0 saturated carbocycles. The van der Waals surface area contributed by atoms with Gasteiger partial charge in [-0.3, -0.25) is 9.59 Å². The molecular weight excluding hydrogens is 793 g/mol. The van der Waals surface area contributed by atoms with Crippen LogP contribution in [0.4, 0.5) is 11.4 Å². The fraction of sp³-hybridized carbons (Fsp3) is 0.189. The first-order valence-electron chi connectivity index (χ1n) is 21.3. The molecule has 1 atom stereocenters. The standard InChI is InChI=1S/C53H44N2O8/c56-48(24-21-37-20-23-43-47(35-37)60-33-30-55(43)52(58)41-13-5-2-6-14-41)62-44-17-7-15-38-25-27-53(49(38)44)28-26-39-16-8-18-45(50(39)53)63-61-31-9-10-36-19-22-42-46(34-36)59-32-29-54(42)51(57)40-11-3-1-4-12-40/h1-24,34-35H,25-33H2/b10-9+,24-21+. The maximum atomic E-state index is 13.5. The lowest BCUT2D eigenvalue weighted by molar-refractivity contribution is -0.196. The molecule has 2 heterocycles. The van der Waals surface area contributed by atoms with E-state index in [0.29, 0.717) is 66.1 Å². The molecule has 314 valence electrons. The minimum absolute atomic E-state index is 0.0553. The van der Waals surface area contributed by atoms with Crippen LogP contribution in [0.15, 0.2) is 146 Å². The molecular formula is C53H44N2O8. The van der Waals surface area contributed by atoms with Gasteiger partial charge >= 0.3 is 5.97 Å². The zero-order valence-corrected chi connectivity index (χ0v) is 34.5. The van der Waals surface area contributed by atoms with Gasteiger partial charge in [0.25, 0.3) is 11.8 Å². The molecule has 0 aromatic heterocycles. The minimum Gasteiger partial charge on any atom is -0.490 e. The van der Waals surface area contributed by atoms with Crippen molar-refractivity contribution in [2.45, 2.75) is 31.1 Å². The average Bonchev–Trinajstić information content (AvgIpc) is 3.91. The van der Waals surface area contributed by atoms with Gasteiger partial charge in [-0.25, -0.2) is 4.79 Å². The topological polar surface area (TPSA) is 104 Å². The van der Waals surface area contributed by atoms with Crippen molar-refractivity contribution >= 4 is 41.3 Å². The smallest absolute Gasteiger partial charge is 0.336 e. The third kappa shape index (κ3) is 7.74. The van der Waals surface area contributed by atoms with Gasteiger partial charge in [-0.2, -0.15) is 4.89 Å². The third-order valence-corrected chi connectivity index (χ3v) is 12.3. The number of hydrogen-bond acceptors (Lipinski definition) is 8. The maximum absolute atomic E-state index is 13.5. The number of aryl methyl sites for hydroxylation is 2. The molecule has 2 aliphatic carbocycles. The molecule has 0 bridgehead atoms. The second-order valence-corrected chi connectivity index (χ2v) is 16.0. The van der Waals surface area contributed by atoms with E-state index in [2.05, 4.69) is 12.1 Å². The van der Waals surface area contributed by atoms with Gasteiger partial charge in [0.2, 0.25) is 0 Å². The highest BCUT2D eigenvalue weighted by atomic mass is 17.2. The van der Waals surface area contributed by atoms with E-state index in [1.165, 1.54) is 11.6 Å². The molecule has 6 aromatic carbocycles. The van der Waals surface area contributed by atoms with Crippen LogP contribution in [-0.4, -0.2) is 50.7 Å². The van der Waals surface area contributed by atoms with Gasteiger partial charge in [0, 0.05) is 33.7 Å². The van der Waals surface area contributed by atoms with Gasteiger partial charge in [-0.15, -0.1) is 0 Å². The molecule has 63 heavy (non-hydrogen) atoms. The lowest BCUT2D eigenvalue weighted by Crippen LogP contribution is -2.37. The minimum atomic E-state index is -0.494. The average molecular weight is 837 g/mol. The number of carbonyl (C=O) groups excluding carboxylic acids is 3. The highest BCUT2D eigenvalue weighted by Gasteiger charge is 2.49. The highest BCUT2D eigenvalue weighted by Crippen LogP contribution is 2.57. The van der Waals surface area contributed by atoms with Crippen LogP contribution in [-0.2, 0) is 27.9 Å². The predicted octanol–water partition coefficient (Wildman–Crippen LogP) is 9.59. The number of fused-ring (bicyclic) bond motifs is 6. The quantitative estimate of drug-likeness (QED) is 0.0336. The van der Waals surface area contributed by atoms with Gasteiger partial charge in [0.05, 0.1) is 24.5 Å². The Bertz CT molecular complexity index is 2780. The Labute approximate surface area is 365 Å². The van der Waals surface area contributed by atoms with Crippen molar-refractivity contribution in [1.82, 2.24) is 0 Å². The van der Waals surface area contributed by atoms with E-state index in [-0.39, 0.29) is 18.4 Å². The van der Waals surface area contributed by atoms with E-state index < -0.39 is 11.4 Å². The summed E-state index contributed by atoms with van der Waals surface area (Å²) in [7, 11) is 0. The first-order valence-corrected chi connectivity index (χ1v) is 21.3. The van der Waals surface area contributed by atoms with Crippen molar-refractivity contribution in [1.29, 1.82) is 0 Å². The van der Waals surface area contributed by atoms with Crippen LogP contribution in [0.5, 0.6) is 23.0 Å². The summed E-state index contributed by atoms with van der Waals surface area (Å²) in [6.45, 7) is 1.90. The van der Waals surface area contributed by atoms with E-state index in [1.807, 2.05) is 121 Å². The van der Waals surface area contributed by atoms with Crippen LogP contribution in [0.2, 0.25) is 0 Å². The van der Waals surface area contributed by atoms with Crippen LogP contribution in [0.3, 0.4) is 0 Å². The molecule has 10 heteroatoms. The molecule has 1 spiro atoms. The zero-order chi connectivity index (χ0) is 42.8. The molecule has 1 unspecified atom stereocenters. The number of rotatable bonds is 10. The normalized spacial score (nSPS) is 17.1. The molecule has 2 amide bonds. The molecule has 2 aliphatic heterocycles. The van der Waals surface area contributed by atoms with E-state index >= 15 is 0 Å². The van der Waals surface area contributed by atoms with Crippen molar-refractivity contribution in [3.05, 3.63) is 190 Å². The number of esters is 1. The molecule has 10 nitrogen and oxygen atoms in total. The number of carbonyl (C=O) groups is 3. The first kappa shape index (κ1) is 39.7. The molecule has 6 aromatic rings. The Morgan fingerprint density at radius 3 is 1.73 bits per heavy atom. The van der Waals surface area contributed by atoms with E-state index in [1.54, 1.807) is 28.0 Å². The summed E-state index contributed by atoms with van der Waals surface area (Å²) in [4.78, 5) is 55.4. The van der Waals surface area contributed by atoms with Gasteiger partial charge in [-0.1, -0.05) is 84.9 Å². The Hall–Kier alpha value is -7.43. The Kier molecular flexibility index (Phi) is 10.8. The lowest BCUT2D eigenvalue weighted by Gasteiger charge is -2.30. The van der Waals surface area contributed by atoms with Crippen LogP contribution >= 0.6 is 0 Å². The molecule has 0 radical (unpaired) electrons. The largest absolute Gasteiger partial charge is 0.490 e. The number of anilines is 2. The number of ether oxygens (including phenoxy) is 3. The number of nitrogens with zero attached hydrogens (tertiary/aromatic N) is 2. The summed E-state index contributed by atoms with van der Waals surface area (Å²) in [5.41, 5.74) is 8.36. The lowest BCUT2D eigenvalue weighted by atomic mass is 9.76. The van der Waals surface area contributed by atoms with E-state index in [4.69, 9.17) is 24.0 Å². The molecule has 0 fully saturated rings. The van der Waals surface area contributed by atoms with E-state index in [9.17, 15) is 14.4 Å². The van der Waals surface area contributed by atoms with E-state index in [0.717, 1.165) is 59.2 Å². The van der Waals surface area contributed by atoms with Crippen molar-refractivity contribution < 1.29 is 38.4 Å². The molecule has 10 rings (SSSR count). The molecule has 0 saturated heterocycles. The van der Waals surface area contributed by atoms with Crippen LogP contribution in [0.1, 0.15) is 66.9 Å². The van der Waals surface area contributed by atoms with Crippen molar-refractivity contribution in [3.8, 4) is 23.0 Å². The SMILES string of the molecule is O=C(/C=C/c1ccc2c(c1)OCCN2C(=O)c1ccccc1)Oc1cccc2c1C1(CCc3cccc(OOC/C=C/c4ccc5c(c4)OCCN5C(=O)c4ccccc4)c31)CC2. The van der Waals surface area contributed by atoms with Gasteiger partial charge in [0.1, 0.15) is 37.1 Å². The summed E-state index contributed by atoms with van der Waals surface area (Å²) in [6.07, 6.45) is 10.4. The monoisotopic (exact) mass is 836 g/mol. The number of benzene rings is 6. The predicted molar refractivity (Wildman–Crippen MR) is 241 cm³/mol. The second kappa shape index (κ2) is 17.1. The molecule has 4 aliphatic rings. The molecule has 0 N–H and O–H groups in total. The van der Waals surface area contributed by atoms with Crippen molar-refractivity contribution in [3.63, 3.8) is 0 Å². The zero-order valence-electron chi connectivity index (χ0n) is 34.5. The van der Waals surface area contributed by atoms with Crippen LogP contribution < -0.4 is 28.9 Å². The van der Waals surface area contributed by atoms with Gasteiger partial charge in [0.15, 0.2) is 5.75 Å². The van der Waals surface area contributed by atoms with Crippen molar-refractivity contribution in [2.75, 3.05) is 42.7 Å². The Balaban J connectivity index is 0.809. The summed E-state index contributed by atoms with van der Waals surface area (Å²) >= 11 is 0. The highest BCUT2D eigenvalue weighted by molar-refractivity contribution is 6.08. The van der Waals surface area contributed by atoms with Crippen molar-refractivity contribution in [2.24, 2.45) is 0 Å². The summed E-state index contributed by atoms with van der Waals surface area (Å²) in [5.74, 6) is 1.79. The Morgan fingerprint density at radius 1 is 0.603 bits per heavy atom. The Morgan fingerprint density at radius 2 is 1.14 bits per heavy atom. The third-order valence-electron chi connectivity index (χ3n) is 12.3. The fourth-order valence-electron chi connectivity index (χ4n) is 9.46. The second-order valence-electron chi connectivity index (χ2n) is 16.0. The summed E-state index contributed by atoms with van der Waals surface area (Å²) in [6, 6.07) is 41.8. The first-order chi connectivity index (χ1) is 30.9. The van der Waals surface area contributed by atoms with Gasteiger partial charge in [-0.05, 0) is 115 Å². The van der Waals surface area contributed by atoms with Crippen LogP contribution in [0.25, 0.3) is 12.2 Å². The van der Waals surface area contributed by atoms with Gasteiger partial charge < -0.3 is 28.9 Å². The fourth-order valence-corrected chi connectivity index (χ4v) is 9.46. The maximum Gasteiger partial charge on any atom is 0.336 e. The summed E-state index contributed by atoms with van der Waals surface area (Å²) in [5, 5.41) is 0.